The highest BCUT2D eigenvalue weighted by atomic mass is 16.2. The molecule has 96 valence electrons. The van der Waals surface area contributed by atoms with E-state index in [4.69, 9.17) is 0 Å². The maximum atomic E-state index is 10.9. The van der Waals surface area contributed by atoms with Gasteiger partial charge in [0.2, 0.25) is 23.7 Å². The third-order valence-electron chi connectivity index (χ3n) is 1.62. The van der Waals surface area contributed by atoms with E-state index in [2.05, 4.69) is 25.9 Å². The molecule has 0 aliphatic rings. The predicted octanol–water partition coefficient (Wildman–Crippen LogP) is 0.352. The standard InChI is InChI=1S/C10H13N5O3/c1-5(16)11-8-4-9(12-6(2)17)15-10(14-8)13-7(3)18/h4H,1-3H3,(H3,11,12,13,14,15,16,17,18). The van der Waals surface area contributed by atoms with Gasteiger partial charge in [-0.15, -0.1) is 0 Å². The van der Waals surface area contributed by atoms with Crippen LogP contribution in [0.3, 0.4) is 0 Å². The lowest BCUT2D eigenvalue weighted by atomic mass is 10.5. The molecule has 0 saturated carbocycles. The summed E-state index contributed by atoms with van der Waals surface area (Å²) in [5.41, 5.74) is 0. The minimum atomic E-state index is -0.358. The molecule has 8 nitrogen and oxygen atoms in total. The molecule has 0 bridgehead atoms. The van der Waals surface area contributed by atoms with Crippen molar-refractivity contribution in [1.29, 1.82) is 0 Å². The second kappa shape index (κ2) is 5.71. The number of nitrogens with zero attached hydrogens (tertiary/aromatic N) is 2. The van der Waals surface area contributed by atoms with E-state index in [1.807, 2.05) is 0 Å². The Balaban J connectivity index is 3.06. The Bertz CT molecular complexity index is 417. The lowest BCUT2D eigenvalue weighted by Gasteiger charge is -2.08. The zero-order valence-corrected chi connectivity index (χ0v) is 10.2. The van der Waals surface area contributed by atoms with Crippen molar-refractivity contribution < 1.29 is 14.4 Å². The SMILES string of the molecule is CC(=O)Nc1cc(NC(C)=O)nc(NC(C)=O)n1. The van der Waals surface area contributed by atoms with Gasteiger partial charge in [0.25, 0.3) is 0 Å². The minimum Gasteiger partial charge on any atom is -0.311 e. The lowest BCUT2D eigenvalue weighted by Crippen LogP contribution is -2.15. The summed E-state index contributed by atoms with van der Waals surface area (Å²) in [4.78, 5) is 40.6. The first-order valence-electron chi connectivity index (χ1n) is 5.08. The van der Waals surface area contributed by atoms with Crippen molar-refractivity contribution in [3.8, 4) is 0 Å². The fourth-order valence-corrected chi connectivity index (χ4v) is 1.15. The van der Waals surface area contributed by atoms with Crippen LogP contribution in [0, 0.1) is 0 Å². The summed E-state index contributed by atoms with van der Waals surface area (Å²) in [6.07, 6.45) is 0. The van der Waals surface area contributed by atoms with Gasteiger partial charge in [-0.1, -0.05) is 0 Å². The molecule has 1 heterocycles. The molecular weight excluding hydrogens is 238 g/mol. The number of anilines is 3. The summed E-state index contributed by atoms with van der Waals surface area (Å²) in [5, 5.41) is 7.25. The number of hydrogen-bond donors (Lipinski definition) is 3. The second-order valence-electron chi connectivity index (χ2n) is 3.51. The van der Waals surface area contributed by atoms with E-state index in [0.717, 1.165) is 0 Å². The number of rotatable bonds is 3. The number of amides is 3. The highest BCUT2D eigenvalue weighted by molar-refractivity contribution is 5.92. The largest absolute Gasteiger partial charge is 0.311 e. The molecule has 0 unspecified atom stereocenters. The maximum Gasteiger partial charge on any atom is 0.233 e. The van der Waals surface area contributed by atoms with Crippen LogP contribution in [-0.4, -0.2) is 27.7 Å². The highest BCUT2D eigenvalue weighted by Crippen LogP contribution is 2.14. The van der Waals surface area contributed by atoms with Crippen LogP contribution < -0.4 is 16.0 Å². The van der Waals surface area contributed by atoms with Crippen LogP contribution in [0.15, 0.2) is 6.07 Å². The molecule has 18 heavy (non-hydrogen) atoms. The molecule has 3 N–H and O–H groups in total. The van der Waals surface area contributed by atoms with Crippen LogP contribution in [0.1, 0.15) is 20.8 Å². The van der Waals surface area contributed by atoms with Crippen molar-refractivity contribution in [3.63, 3.8) is 0 Å². The van der Waals surface area contributed by atoms with Crippen LogP contribution in [0.4, 0.5) is 17.6 Å². The summed E-state index contributed by atoms with van der Waals surface area (Å²) in [6.45, 7) is 3.93. The number of carbonyl (C=O) groups excluding carboxylic acids is 3. The summed E-state index contributed by atoms with van der Waals surface area (Å²) < 4.78 is 0. The van der Waals surface area contributed by atoms with Gasteiger partial charge in [0.15, 0.2) is 0 Å². The van der Waals surface area contributed by atoms with Gasteiger partial charge < -0.3 is 10.6 Å². The van der Waals surface area contributed by atoms with E-state index >= 15 is 0 Å². The molecule has 1 rings (SSSR count). The summed E-state index contributed by atoms with van der Waals surface area (Å²) in [7, 11) is 0. The molecule has 1 aromatic heterocycles. The van der Waals surface area contributed by atoms with Gasteiger partial charge in [-0.05, 0) is 0 Å². The molecule has 0 spiro atoms. The molecular formula is C10H13N5O3. The zero-order chi connectivity index (χ0) is 13.7. The average Bonchev–Trinajstić information content (AvgIpc) is 2.12. The van der Waals surface area contributed by atoms with E-state index < -0.39 is 0 Å². The first kappa shape index (κ1) is 13.6. The van der Waals surface area contributed by atoms with E-state index in [0.29, 0.717) is 0 Å². The summed E-state index contributed by atoms with van der Waals surface area (Å²) in [5.74, 6) is -0.635. The van der Waals surface area contributed by atoms with Crippen molar-refractivity contribution in [2.24, 2.45) is 0 Å². The smallest absolute Gasteiger partial charge is 0.233 e. The molecule has 0 fully saturated rings. The van der Waals surface area contributed by atoms with E-state index in [1.165, 1.54) is 26.8 Å². The van der Waals surface area contributed by atoms with Crippen molar-refractivity contribution in [1.82, 2.24) is 9.97 Å². The predicted molar refractivity (Wildman–Crippen MR) is 64.9 cm³/mol. The first-order valence-corrected chi connectivity index (χ1v) is 5.08. The molecule has 8 heteroatoms. The summed E-state index contributed by atoms with van der Waals surface area (Å²) >= 11 is 0. The van der Waals surface area contributed by atoms with Crippen molar-refractivity contribution in [2.45, 2.75) is 20.8 Å². The zero-order valence-electron chi connectivity index (χ0n) is 10.2. The molecule has 0 aliphatic carbocycles. The molecule has 1 aromatic rings. The molecule has 0 atom stereocenters. The normalized spacial score (nSPS) is 9.50. The van der Waals surface area contributed by atoms with Crippen LogP contribution in [0.5, 0.6) is 0 Å². The Hall–Kier alpha value is -2.51. The third-order valence-corrected chi connectivity index (χ3v) is 1.62. The Morgan fingerprint density at radius 1 is 0.833 bits per heavy atom. The fraction of sp³-hybridized carbons (Fsp3) is 0.300. The number of hydrogen-bond acceptors (Lipinski definition) is 5. The molecule has 3 amide bonds. The average molecular weight is 251 g/mol. The molecule has 0 aromatic carbocycles. The van der Waals surface area contributed by atoms with E-state index in [1.54, 1.807) is 0 Å². The Morgan fingerprint density at radius 3 is 1.56 bits per heavy atom. The number of carbonyl (C=O) groups is 3. The quantitative estimate of drug-likeness (QED) is 0.717. The van der Waals surface area contributed by atoms with Crippen LogP contribution in [0.2, 0.25) is 0 Å². The first-order chi connectivity index (χ1) is 8.36. The Labute approximate surface area is 103 Å². The van der Waals surface area contributed by atoms with Crippen molar-refractivity contribution in [3.05, 3.63) is 6.07 Å². The van der Waals surface area contributed by atoms with Crippen LogP contribution in [-0.2, 0) is 14.4 Å². The molecule has 0 saturated heterocycles. The van der Waals surface area contributed by atoms with E-state index in [-0.39, 0.29) is 35.3 Å². The molecule has 0 aliphatic heterocycles. The molecule has 0 radical (unpaired) electrons. The summed E-state index contributed by atoms with van der Waals surface area (Å²) in [6, 6.07) is 1.38. The van der Waals surface area contributed by atoms with Gasteiger partial charge in [-0.25, -0.2) is 0 Å². The Morgan fingerprint density at radius 2 is 1.22 bits per heavy atom. The van der Waals surface area contributed by atoms with Crippen molar-refractivity contribution >= 4 is 35.3 Å². The number of nitrogens with one attached hydrogen (secondary N) is 3. The lowest BCUT2D eigenvalue weighted by molar-refractivity contribution is -0.115. The van der Waals surface area contributed by atoms with Gasteiger partial charge in [0, 0.05) is 26.8 Å². The monoisotopic (exact) mass is 251 g/mol. The maximum absolute atomic E-state index is 10.9. The van der Waals surface area contributed by atoms with Gasteiger partial charge >= 0.3 is 0 Å². The van der Waals surface area contributed by atoms with Gasteiger partial charge in [-0.3, -0.25) is 19.7 Å². The topological polar surface area (TPSA) is 113 Å². The van der Waals surface area contributed by atoms with Crippen molar-refractivity contribution in [2.75, 3.05) is 16.0 Å². The van der Waals surface area contributed by atoms with Gasteiger partial charge in [-0.2, -0.15) is 9.97 Å². The van der Waals surface area contributed by atoms with Crippen LogP contribution in [0.25, 0.3) is 0 Å². The van der Waals surface area contributed by atoms with E-state index in [9.17, 15) is 14.4 Å². The Kier molecular flexibility index (Phi) is 4.30. The third kappa shape index (κ3) is 4.56. The number of aromatic nitrogens is 2. The van der Waals surface area contributed by atoms with Gasteiger partial charge in [0.05, 0.1) is 0 Å². The second-order valence-corrected chi connectivity index (χ2v) is 3.51. The fourth-order valence-electron chi connectivity index (χ4n) is 1.15. The van der Waals surface area contributed by atoms with Gasteiger partial charge in [0.1, 0.15) is 11.6 Å². The highest BCUT2D eigenvalue weighted by Gasteiger charge is 2.08. The minimum absolute atomic E-state index is 0.00231. The van der Waals surface area contributed by atoms with Crippen LogP contribution >= 0.6 is 0 Å².